The summed E-state index contributed by atoms with van der Waals surface area (Å²) in [5.41, 5.74) is 4.32. The normalized spacial score (nSPS) is 22.1. The van der Waals surface area contributed by atoms with Crippen LogP contribution in [0.5, 0.6) is 0 Å². The van der Waals surface area contributed by atoms with Gasteiger partial charge in [0.15, 0.2) is 17.2 Å². The zero-order valence-corrected chi connectivity index (χ0v) is 26.7. The lowest BCUT2D eigenvalue weighted by atomic mass is 9.95. The predicted octanol–water partition coefficient (Wildman–Crippen LogP) is 3.93. The lowest BCUT2D eigenvalue weighted by Gasteiger charge is -2.39. The molecular formula is C32H32ClFN8O3S. The number of ether oxygens (including phenoxy) is 1. The third kappa shape index (κ3) is 5.80. The molecule has 7 rings (SSSR count). The van der Waals surface area contributed by atoms with E-state index in [1.807, 2.05) is 47.7 Å². The minimum atomic E-state index is -0.825. The number of thiazole rings is 1. The van der Waals surface area contributed by atoms with Gasteiger partial charge in [-0.3, -0.25) is 14.8 Å². The van der Waals surface area contributed by atoms with E-state index in [2.05, 4.69) is 30.1 Å². The van der Waals surface area contributed by atoms with Crippen LogP contribution in [0.25, 0.3) is 11.3 Å². The highest BCUT2D eigenvalue weighted by Crippen LogP contribution is 2.37. The monoisotopic (exact) mass is 662 g/mol. The molecule has 1 unspecified atom stereocenters. The summed E-state index contributed by atoms with van der Waals surface area (Å²) in [6.07, 6.45) is 2.75. The summed E-state index contributed by atoms with van der Waals surface area (Å²) in [6, 6.07) is 11.4. The molecule has 14 heteroatoms. The second-order valence-corrected chi connectivity index (χ2v) is 12.7. The van der Waals surface area contributed by atoms with Crippen molar-refractivity contribution in [3.05, 3.63) is 98.7 Å². The SMILES string of the molecule is COC(=O)C1=C(CN2CCN3C(O)N(c4ccc(-c5cnc(C)[nH]5)cc4)C[C@@H]3C2)NC(c2nccs2)=N[C@H]1c1ccc(F)cc1Cl. The highest BCUT2D eigenvalue weighted by atomic mass is 35.5. The van der Waals surface area contributed by atoms with Crippen LogP contribution in [-0.4, -0.2) is 93.9 Å². The Bertz CT molecular complexity index is 1810. The minimum Gasteiger partial charge on any atom is -0.466 e. The number of carbonyl (C=O) groups is 1. The van der Waals surface area contributed by atoms with Crippen molar-refractivity contribution < 1.29 is 19.0 Å². The summed E-state index contributed by atoms with van der Waals surface area (Å²) >= 11 is 7.92. The zero-order chi connectivity index (χ0) is 31.9. The molecule has 2 fully saturated rings. The van der Waals surface area contributed by atoms with E-state index >= 15 is 0 Å². The van der Waals surface area contributed by atoms with Crippen LogP contribution in [0.2, 0.25) is 5.02 Å². The first-order valence-corrected chi connectivity index (χ1v) is 16.1. The number of rotatable bonds is 7. The largest absolute Gasteiger partial charge is 0.466 e. The number of hydrogen-bond donors (Lipinski definition) is 3. The number of aryl methyl sites for hydroxylation is 1. The first kappa shape index (κ1) is 30.5. The molecule has 2 aromatic carbocycles. The van der Waals surface area contributed by atoms with E-state index in [1.54, 1.807) is 12.3 Å². The third-order valence-electron chi connectivity index (χ3n) is 8.61. The Morgan fingerprint density at radius 2 is 2.00 bits per heavy atom. The van der Waals surface area contributed by atoms with Crippen LogP contribution < -0.4 is 10.2 Å². The van der Waals surface area contributed by atoms with Crippen molar-refractivity contribution in [2.75, 3.05) is 44.7 Å². The van der Waals surface area contributed by atoms with E-state index < -0.39 is 24.2 Å². The molecule has 3 aliphatic rings. The number of halogens is 2. The molecule has 2 aromatic heterocycles. The molecule has 0 bridgehead atoms. The number of amidine groups is 1. The van der Waals surface area contributed by atoms with Crippen molar-refractivity contribution in [1.29, 1.82) is 0 Å². The van der Waals surface area contributed by atoms with E-state index in [0.717, 1.165) is 22.8 Å². The number of aromatic amines is 1. The molecule has 0 saturated carbocycles. The van der Waals surface area contributed by atoms with Crippen LogP contribution in [0.15, 0.2) is 76.5 Å². The molecule has 5 heterocycles. The topological polar surface area (TPSA) is 122 Å². The molecule has 3 aliphatic heterocycles. The number of aliphatic imine (C=N–C) groups is 1. The third-order valence-corrected chi connectivity index (χ3v) is 9.72. The molecule has 0 radical (unpaired) electrons. The van der Waals surface area contributed by atoms with Crippen LogP contribution >= 0.6 is 22.9 Å². The molecule has 238 valence electrons. The van der Waals surface area contributed by atoms with Gasteiger partial charge in [-0.25, -0.2) is 19.2 Å². The quantitative estimate of drug-likeness (QED) is 0.253. The maximum absolute atomic E-state index is 14.0. The number of nitrogens with one attached hydrogen (secondary N) is 2. The lowest BCUT2D eigenvalue weighted by molar-refractivity contribution is -0.136. The number of imidazole rings is 1. The highest BCUT2D eigenvalue weighted by molar-refractivity contribution is 7.11. The number of fused-ring (bicyclic) bond motifs is 1. The molecular weight excluding hydrogens is 631 g/mol. The smallest absolute Gasteiger partial charge is 0.338 e. The number of esters is 1. The lowest BCUT2D eigenvalue weighted by Crippen LogP contribution is -2.54. The standard InChI is InChI=1S/C32H32ClFN8O3S/c1-18-36-14-25(37-18)19-3-6-21(7-4-19)42-16-22-15-40(10-11-41(22)32(42)44)17-26-27(31(43)45-2)28(23-8-5-20(34)13-24(23)33)39-29(38-26)30-35-9-12-46-30/h3-9,12-14,22,28,32,44H,10-11,15-17H2,1-2H3,(H,36,37)(H,38,39)/t22-,28-,32?/m0/s1. The number of hydrogen-bond acceptors (Lipinski definition) is 11. The van der Waals surface area contributed by atoms with E-state index in [1.165, 1.54) is 30.6 Å². The van der Waals surface area contributed by atoms with Gasteiger partial charge in [0, 0.05) is 72.3 Å². The second-order valence-electron chi connectivity index (χ2n) is 11.4. The zero-order valence-electron chi connectivity index (χ0n) is 25.2. The number of aliphatic hydroxyl groups is 1. The van der Waals surface area contributed by atoms with Crippen molar-refractivity contribution in [1.82, 2.24) is 30.1 Å². The first-order chi connectivity index (χ1) is 22.3. The fourth-order valence-electron chi connectivity index (χ4n) is 6.37. The fourth-order valence-corrected chi connectivity index (χ4v) is 7.23. The van der Waals surface area contributed by atoms with Gasteiger partial charge in [-0.05, 0) is 36.8 Å². The van der Waals surface area contributed by atoms with Gasteiger partial charge in [0.1, 0.15) is 17.7 Å². The van der Waals surface area contributed by atoms with E-state index in [9.17, 15) is 14.3 Å². The first-order valence-electron chi connectivity index (χ1n) is 14.8. The Hall–Kier alpha value is -4.14. The summed E-state index contributed by atoms with van der Waals surface area (Å²) < 4.78 is 19.2. The summed E-state index contributed by atoms with van der Waals surface area (Å²) in [4.78, 5) is 36.5. The Morgan fingerprint density at radius 1 is 1.17 bits per heavy atom. The summed E-state index contributed by atoms with van der Waals surface area (Å²) in [6.45, 7) is 4.89. The predicted molar refractivity (Wildman–Crippen MR) is 174 cm³/mol. The Kier molecular flexibility index (Phi) is 8.34. The molecule has 11 nitrogen and oxygen atoms in total. The Labute approximate surface area is 274 Å². The number of benzene rings is 2. The maximum Gasteiger partial charge on any atom is 0.338 e. The van der Waals surface area contributed by atoms with E-state index in [-0.39, 0.29) is 11.1 Å². The van der Waals surface area contributed by atoms with Gasteiger partial charge in [-0.15, -0.1) is 11.3 Å². The summed E-state index contributed by atoms with van der Waals surface area (Å²) in [5, 5.41) is 17.3. The van der Waals surface area contributed by atoms with Crippen molar-refractivity contribution >= 4 is 40.4 Å². The highest BCUT2D eigenvalue weighted by Gasteiger charge is 2.42. The summed E-state index contributed by atoms with van der Waals surface area (Å²) in [5.74, 6) is 0.322. The minimum absolute atomic E-state index is 0.0545. The van der Waals surface area contributed by atoms with Crippen molar-refractivity contribution in [2.45, 2.75) is 25.4 Å². The Balaban J connectivity index is 1.14. The molecule has 46 heavy (non-hydrogen) atoms. The molecule has 0 aliphatic carbocycles. The number of aliphatic hydroxyl groups excluding tert-OH is 1. The molecule has 3 atom stereocenters. The number of H-pyrrole nitrogens is 1. The number of methoxy groups -OCH3 is 1. The van der Waals surface area contributed by atoms with Crippen molar-refractivity contribution in [3.8, 4) is 11.3 Å². The van der Waals surface area contributed by atoms with Crippen LogP contribution in [-0.2, 0) is 9.53 Å². The van der Waals surface area contributed by atoms with E-state index in [4.69, 9.17) is 21.3 Å². The average Bonchev–Trinajstić information content (AvgIpc) is 3.82. The van der Waals surface area contributed by atoms with Gasteiger partial charge in [0.25, 0.3) is 0 Å². The van der Waals surface area contributed by atoms with Crippen molar-refractivity contribution in [2.24, 2.45) is 4.99 Å². The molecule has 4 aromatic rings. The van der Waals surface area contributed by atoms with Gasteiger partial charge >= 0.3 is 5.97 Å². The van der Waals surface area contributed by atoms with Crippen LogP contribution in [0, 0.1) is 12.7 Å². The Morgan fingerprint density at radius 3 is 2.70 bits per heavy atom. The number of aromatic nitrogens is 3. The number of nitrogens with zero attached hydrogens (tertiary/aromatic N) is 6. The number of anilines is 1. The van der Waals surface area contributed by atoms with Gasteiger partial charge in [-0.1, -0.05) is 29.8 Å². The summed E-state index contributed by atoms with van der Waals surface area (Å²) in [7, 11) is 1.33. The van der Waals surface area contributed by atoms with Crippen LogP contribution in [0.1, 0.15) is 22.4 Å². The van der Waals surface area contributed by atoms with Gasteiger partial charge in [0.2, 0.25) is 0 Å². The fraction of sp³-hybridized carbons (Fsp3) is 0.312. The maximum atomic E-state index is 14.0. The van der Waals surface area contributed by atoms with Gasteiger partial charge < -0.3 is 25.0 Å². The second kappa shape index (κ2) is 12.6. The number of piperazine rings is 1. The van der Waals surface area contributed by atoms with Gasteiger partial charge in [-0.2, -0.15) is 0 Å². The van der Waals surface area contributed by atoms with Crippen LogP contribution in [0.3, 0.4) is 0 Å². The number of carbonyl (C=O) groups excluding carboxylic acids is 1. The van der Waals surface area contributed by atoms with Crippen LogP contribution in [0.4, 0.5) is 10.1 Å². The molecule has 3 N–H and O–H groups in total. The van der Waals surface area contributed by atoms with E-state index in [0.29, 0.717) is 60.4 Å². The molecule has 0 spiro atoms. The molecule has 2 saturated heterocycles. The molecule has 0 amide bonds. The average molecular weight is 663 g/mol. The van der Waals surface area contributed by atoms with Gasteiger partial charge in [0.05, 0.1) is 24.6 Å². The van der Waals surface area contributed by atoms with Crippen molar-refractivity contribution in [3.63, 3.8) is 0 Å².